The number of carbonyl (C=O) groups is 1. The molecule has 0 saturated carbocycles. The van der Waals surface area contributed by atoms with E-state index in [1.807, 2.05) is 34.6 Å². The van der Waals surface area contributed by atoms with Crippen LogP contribution in [0.25, 0.3) is 0 Å². The highest BCUT2D eigenvalue weighted by atomic mass is 16.5. The second-order valence-corrected chi connectivity index (χ2v) is 4.69. The maximum absolute atomic E-state index is 11.3. The number of carbonyl (C=O) groups excluding carboxylic acids is 1. The van der Waals surface area contributed by atoms with Gasteiger partial charge in [-0.15, -0.1) is 0 Å². The van der Waals surface area contributed by atoms with Crippen molar-refractivity contribution in [3.8, 4) is 0 Å². The Morgan fingerprint density at radius 1 is 1.27 bits per heavy atom. The molecule has 0 aromatic rings. The number of rotatable bonds is 6. The van der Waals surface area contributed by atoms with Crippen LogP contribution in [-0.4, -0.2) is 23.8 Å². The Labute approximate surface area is 92.8 Å². The van der Waals surface area contributed by atoms with Crippen LogP contribution in [0, 0.1) is 17.8 Å². The molecule has 0 aliphatic heterocycles. The van der Waals surface area contributed by atoms with E-state index in [1.54, 1.807) is 0 Å². The van der Waals surface area contributed by atoms with Crippen molar-refractivity contribution in [3.63, 3.8) is 0 Å². The molecule has 0 aliphatic rings. The molecule has 2 atom stereocenters. The minimum atomic E-state index is -0.394. The maximum atomic E-state index is 11.3. The summed E-state index contributed by atoms with van der Waals surface area (Å²) < 4.78 is 5.13. The van der Waals surface area contributed by atoms with Gasteiger partial charge in [0.15, 0.2) is 0 Å². The fourth-order valence-electron chi connectivity index (χ4n) is 1.36. The fourth-order valence-corrected chi connectivity index (χ4v) is 1.36. The zero-order valence-electron chi connectivity index (χ0n) is 10.5. The Bertz CT molecular complexity index is 187. The summed E-state index contributed by atoms with van der Waals surface area (Å²) >= 11 is 0. The average molecular weight is 216 g/mol. The summed E-state index contributed by atoms with van der Waals surface area (Å²) in [5, 5.41) is 9.85. The third-order valence-corrected chi connectivity index (χ3v) is 2.60. The minimum absolute atomic E-state index is 0.0488. The normalized spacial score (nSPS) is 15.5. The van der Waals surface area contributed by atoms with Gasteiger partial charge in [-0.2, -0.15) is 0 Å². The standard InChI is InChI=1S/C12H24O3/c1-6-10(11(13)8(2)3)7-15-12(14)9(4)5/h8-11,13H,6-7H2,1-5H3. The number of hydrogen-bond acceptors (Lipinski definition) is 3. The third-order valence-electron chi connectivity index (χ3n) is 2.60. The number of aliphatic hydroxyl groups excluding tert-OH is 1. The van der Waals surface area contributed by atoms with Crippen molar-refractivity contribution in [1.82, 2.24) is 0 Å². The SMILES string of the molecule is CCC(COC(=O)C(C)C)C(O)C(C)C. The monoisotopic (exact) mass is 216 g/mol. The lowest BCUT2D eigenvalue weighted by Gasteiger charge is -2.24. The average Bonchev–Trinajstić information content (AvgIpc) is 2.17. The highest BCUT2D eigenvalue weighted by Gasteiger charge is 2.22. The van der Waals surface area contributed by atoms with Crippen LogP contribution in [0.2, 0.25) is 0 Å². The first-order valence-corrected chi connectivity index (χ1v) is 5.74. The first-order chi connectivity index (χ1) is 6.90. The molecule has 3 heteroatoms. The van der Waals surface area contributed by atoms with Gasteiger partial charge in [-0.25, -0.2) is 0 Å². The first kappa shape index (κ1) is 14.4. The smallest absolute Gasteiger partial charge is 0.308 e. The van der Waals surface area contributed by atoms with E-state index in [1.165, 1.54) is 0 Å². The molecule has 0 amide bonds. The number of ether oxygens (including phenoxy) is 1. The second-order valence-electron chi connectivity index (χ2n) is 4.69. The van der Waals surface area contributed by atoms with Crippen molar-refractivity contribution in [2.45, 2.75) is 47.1 Å². The molecule has 0 radical (unpaired) electrons. The molecular formula is C12H24O3. The molecule has 0 heterocycles. The Balaban J connectivity index is 4.06. The Morgan fingerprint density at radius 2 is 1.80 bits per heavy atom. The molecule has 0 aromatic carbocycles. The molecule has 2 unspecified atom stereocenters. The van der Waals surface area contributed by atoms with Crippen LogP contribution in [0.5, 0.6) is 0 Å². The van der Waals surface area contributed by atoms with Crippen molar-refractivity contribution in [2.75, 3.05) is 6.61 Å². The Kier molecular flexibility index (Phi) is 6.57. The van der Waals surface area contributed by atoms with Gasteiger partial charge in [-0.05, 0) is 12.3 Å². The van der Waals surface area contributed by atoms with E-state index in [0.29, 0.717) is 6.61 Å². The van der Waals surface area contributed by atoms with Gasteiger partial charge in [0.25, 0.3) is 0 Å². The molecule has 0 bridgehead atoms. The van der Waals surface area contributed by atoms with E-state index in [2.05, 4.69) is 0 Å². The van der Waals surface area contributed by atoms with Gasteiger partial charge in [0.05, 0.1) is 18.6 Å². The van der Waals surface area contributed by atoms with Gasteiger partial charge in [-0.1, -0.05) is 34.6 Å². The Morgan fingerprint density at radius 3 is 2.13 bits per heavy atom. The van der Waals surface area contributed by atoms with E-state index in [4.69, 9.17) is 4.74 Å². The predicted molar refractivity (Wildman–Crippen MR) is 60.4 cm³/mol. The van der Waals surface area contributed by atoms with Crippen LogP contribution in [0.1, 0.15) is 41.0 Å². The van der Waals surface area contributed by atoms with Crippen LogP contribution < -0.4 is 0 Å². The summed E-state index contributed by atoms with van der Waals surface area (Å²) in [6, 6.07) is 0. The molecule has 1 N–H and O–H groups in total. The van der Waals surface area contributed by atoms with E-state index in [9.17, 15) is 9.90 Å². The minimum Gasteiger partial charge on any atom is -0.465 e. The summed E-state index contributed by atoms with van der Waals surface area (Å²) in [6.07, 6.45) is 0.431. The summed E-state index contributed by atoms with van der Waals surface area (Å²) in [4.78, 5) is 11.3. The van der Waals surface area contributed by atoms with Gasteiger partial charge in [-0.3, -0.25) is 4.79 Å². The maximum Gasteiger partial charge on any atom is 0.308 e. The van der Waals surface area contributed by atoms with Crippen molar-refractivity contribution in [2.24, 2.45) is 17.8 Å². The molecule has 0 aliphatic carbocycles. The number of hydrogen-bond donors (Lipinski definition) is 1. The highest BCUT2D eigenvalue weighted by Crippen LogP contribution is 2.17. The summed E-state index contributed by atoms with van der Waals surface area (Å²) in [6.45, 7) is 9.88. The van der Waals surface area contributed by atoms with Crippen LogP contribution in [-0.2, 0) is 9.53 Å². The second kappa shape index (κ2) is 6.83. The lowest BCUT2D eigenvalue weighted by atomic mass is 9.92. The van der Waals surface area contributed by atoms with Crippen LogP contribution in [0.15, 0.2) is 0 Å². The van der Waals surface area contributed by atoms with Crippen LogP contribution in [0.3, 0.4) is 0 Å². The molecule has 3 nitrogen and oxygen atoms in total. The zero-order valence-corrected chi connectivity index (χ0v) is 10.5. The number of aliphatic hydroxyl groups is 1. The predicted octanol–water partition coefficient (Wildman–Crippen LogP) is 2.23. The topological polar surface area (TPSA) is 46.5 Å². The van der Waals surface area contributed by atoms with E-state index in [0.717, 1.165) is 6.42 Å². The lowest BCUT2D eigenvalue weighted by Crippen LogP contribution is -2.30. The summed E-state index contributed by atoms with van der Waals surface area (Å²) in [5.41, 5.74) is 0. The molecule has 0 spiro atoms. The van der Waals surface area contributed by atoms with E-state index in [-0.39, 0.29) is 23.7 Å². The molecule has 0 rings (SSSR count). The molecule has 0 saturated heterocycles. The van der Waals surface area contributed by atoms with Crippen LogP contribution in [0.4, 0.5) is 0 Å². The largest absolute Gasteiger partial charge is 0.465 e. The van der Waals surface area contributed by atoms with Gasteiger partial charge in [0.2, 0.25) is 0 Å². The van der Waals surface area contributed by atoms with Crippen molar-refractivity contribution in [3.05, 3.63) is 0 Å². The van der Waals surface area contributed by atoms with Crippen LogP contribution >= 0.6 is 0 Å². The number of esters is 1. The van der Waals surface area contributed by atoms with E-state index >= 15 is 0 Å². The zero-order chi connectivity index (χ0) is 12.0. The van der Waals surface area contributed by atoms with E-state index < -0.39 is 6.10 Å². The third kappa shape index (κ3) is 5.17. The molecule has 0 fully saturated rings. The van der Waals surface area contributed by atoms with Crippen molar-refractivity contribution in [1.29, 1.82) is 0 Å². The van der Waals surface area contributed by atoms with Crippen molar-refractivity contribution >= 4 is 5.97 Å². The first-order valence-electron chi connectivity index (χ1n) is 5.74. The van der Waals surface area contributed by atoms with Gasteiger partial charge >= 0.3 is 5.97 Å². The quantitative estimate of drug-likeness (QED) is 0.692. The summed E-state index contributed by atoms with van der Waals surface area (Å²) in [7, 11) is 0. The molecule has 15 heavy (non-hydrogen) atoms. The Hall–Kier alpha value is -0.570. The molecule has 90 valence electrons. The summed E-state index contributed by atoms with van der Waals surface area (Å²) in [5.74, 6) is -0.0384. The van der Waals surface area contributed by atoms with Gasteiger partial charge < -0.3 is 9.84 Å². The van der Waals surface area contributed by atoms with Gasteiger partial charge in [0.1, 0.15) is 0 Å². The molecular weight excluding hydrogens is 192 g/mol. The molecule has 0 aromatic heterocycles. The fraction of sp³-hybridized carbons (Fsp3) is 0.917. The van der Waals surface area contributed by atoms with Crippen molar-refractivity contribution < 1.29 is 14.6 Å². The highest BCUT2D eigenvalue weighted by molar-refractivity contribution is 5.71. The lowest BCUT2D eigenvalue weighted by molar-refractivity contribution is -0.150. The van der Waals surface area contributed by atoms with Gasteiger partial charge in [0, 0.05) is 5.92 Å².